The molecule has 0 atom stereocenters. The van der Waals surface area contributed by atoms with Gasteiger partial charge < -0.3 is 20.7 Å². The Hall–Kier alpha value is -4.15. The van der Waals surface area contributed by atoms with E-state index in [1.54, 1.807) is 37.3 Å². The molecule has 3 N–H and O–H groups in total. The van der Waals surface area contributed by atoms with E-state index in [1.165, 1.54) is 6.20 Å². The summed E-state index contributed by atoms with van der Waals surface area (Å²) in [6, 6.07) is 9.41. The summed E-state index contributed by atoms with van der Waals surface area (Å²) in [7, 11) is 0. The van der Waals surface area contributed by atoms with E-state index < -0.39 is 23.6 Å². The van der Waals surface area contributed by atoms with Crippen molar-refractivity contribution in [3.8, 4) is 11.5 Å². The van der Waals surface area contributed by atoms with E-state index in [9.17, 15) is 27.2 Å². The fourth-order valence-electron chi connectivity index (χ4n) is 3.20. The van der Waals surface area contributed by atoms with Crippen LogP contribution in [-0.2, 0) is 11.0 Å². The van der Waals surface area contributed by atoms with Crippen LogP contribution in [0.25, 0.3) is 0 Å². The Morgan fingerprint density at radius 3 is 2.40 bits per heavy atom. The first kappa shape index (κ1) is 24.0. The summed E-state index contributed by atoms with van der Waals surface area (Å²) in [6.07, 6.45) is -1.63. The molecule has 3 amide bonds. The summed E-state index contributed by atoms with van der Waals surface area (Å²) < 4.78 is 57.8. The lowest BCUT2D eigenvalue weighted by Gasteiger charge is -2.14. The first-order valence-electron chi connectivity index (χ1n) is 10.6. The van der Waals surface area contributed by atoms with E-state index in [0.717, 1.165) is 18.9 Å². The SMILES string of the molecule is Cc1cc(Oc2ccnc(NC(=O)C3CC3)c2)ccc1NC(=O)Nc1ccc(F)c(C(F)(F)F)c1. The molecule has 1 aliphatic rings. The number of alkyl halides is 3. The fraction of sp³-hybridized carbons (Fsp3) is 0.208. The average Bonchev–Trinajstić information content (AvgIpc) is 3.62. The number of aromatic nitrogens is 1. The van der Waals surface area contributed by atoms with Gasteiger partial charge in [-0.15, -0.1) is 0 Å². The molecule has 1 heterocycles. The zero-order valence-corrected chi connectivity index (χ0v) is 18.4. The quantitative estimate of drug-likeness (QED) is 0.354. The van der Waals surface area contributed by atoms with E-state index >= 15 is 0 Å². The monoisotopic (exact) mass is 488 g/mol. The predicted octanol–water partition coefficient (Wildman–Crippen LogP) is 6.33. The lowest BCUT2D eigenvalue weighted by atomic mass is 10.1. The Bertz CT molecular complexity index is 1280. The third kappa shape index (κ3) is 6.25. The van der Waals surface area contributed by atoms with Gasteiger partial charge in [-0.25, -0.2) is 14.2 Å². The number of hydrogen-bond acceptors (Lipinski definition) is 4. The van der Waals surface area contributed by atoms with E-state index in [1.807, 2.05) is 0 Å². The van der Waals surface area contributed by atoms with Gasteiger partial charge in [-0.3, -0.25) is 4.79 Å². The lowest BCUT2D eigenvalue weighted by Crippen LogP contribution is -2.20. The fourth-order valence-corrected chi connectivity index (χ4v) is 3.20. The molecule has 3 aromatic rings. The minimum atomic E-state index is -4.89. The zero-order valence-electron chi connectivity index (χ0n) is 18.4. The Morgan fingerprint density at radius 1 is 0.971 bits per heavy atom. The minimum Gasteiger partial charge on any atom is -0.457 e. The number of carbonyl (C=O) groups excluding carboxylic acids is 2. The zero-order chi connectivity index (χ0) is 25.2. The lowest BCUT2D eigenvalue weighted by molar-refractivity contribution is -0.139. The van der Waals surface area contributed by atoms with Crippen molar-refractivity contribution in [2.75, 3.05) is 16.0 Å². The Balaban J connectivity index is 1.39. The van der Waals surface area contributed by atoms with Crippen molar-refractivity contribution >= 4 is 29.1 Å². The third-order valence-electron chi connectivity index (χ3n) is 5.14. The normalized spacial score (nSPS) is 13.2. The molecule has 1 fully saturated rings. The van der Waals surface area contributed by atoms with Gasteiger partial charge in [0.2, 0.25) is 5.91 Å². The summed E-state index contributed by atoms with van der Waals surface area (Å²) in [4.78, 5) is 28.3. The summed E-state index contributed by atoms with van der Waals surface area (Å²) in [6.45, 7) is 1.70. The minimum absolute atomic E-state index is 0.0380. The number of pyridine rings is 1. The van der Waals surface area contributed by atoms with Gasteiger partial charge in [-0.2, -0.15) is 13.2 Å². The molecule has 0 saturated heterocycles. The van der Waals surface area contributed by atoms with Crippen LogP contribution >= 0.6 is 0 Å². The molecular formula is C24H20F4N4O3. The Morgan fingerprint density at radius 2 is 1.71 bits per heavy atom. The summed E-state index contributed by atoms with van der Waals surface area (Å²) >= 11 is 0. The van der Waals surface area contributed by atoms with Crippen molar-refractivity contribution in [2.24, 2.45) is 5.92 Å². The van der Waals surface area contributed by atoms with Gasteiger partial charge in [0.25, 0.3) is 0 Å². The van der Waals surface area contributed by atoms with Crippen LogP contribution in [0.1, 0.15) is 24.0 Å². The molecule has 0 aliphatic heterocycles. The van der Waals surface area contributed by atoms with Crippen molar-refractivity contribution < 1.29 is 31.9 Å². The van der Waals surface area contributed by atoms with E-state index in [-0.39, 0.29) is 17.5 Å². The number of urea groups is 1. The second-order valence-corrected chi connectivity index (χ2v) is 7.99. The van der Waals surface area contributed by atoms with Crippen LogP contribution in [-0.4, -0.2) is 16.9 Å². The molecule has 1 aliphatic carbocycles. The maximum Gasteiger partial charge on any atom is 0.419 e. The molecule has 0 radical (unpaired) electrons. The van der Waals surface area contributed by atoms with Crippen LogP contribution in [0.2, 0.25) is 0 Å². The number of halogens is 4. The van der Waals surface area contributed by atoms with Crippen molar-refractivity contribution in [3.05, 3.63) is 71.7 Å². The van der Waals surface area contributed by atoms with Gasteiger partial charge in [0.15, 0.2) is 0 Å². The number of aryl methyl sites for hydroxylation is 1. The first-order valence-corrected chi connectivity index (χ1v) is 10.6. The van der Waals surface area contributed by atoms with Crippen LogP contribution in [0.15, 0.2) is 54.7 Å². The number of carbonyl (C=O) groups is 2. The Labute approximate surface area is 197 Å². The van der Waals surface area contributed by atoms with Gasteiger partial charge in [0, 0.05) is 29.6 Å². The predicted molar refractivity (Wildman–Crippen MR) is 121 cm³/mol. The van der Waals surface area contributed by atoms with E-state index in [0.29, 0.717) is 40.7 Å². The maximum absolute atomic E-state index is 13.4. The topological polar surface area (TPSA) is 92.3 Å². The highest BCUT2D eigenvalue weighted by Crippen LogP contribution is 2.33. The van der Waals surface area contributed by atoms with Crippen LogP contribution in [0, 0.1) is 18.7 Å². The second-order valence-electron chi connectivity index (χ2n) is 7.99. The number of rotatable bonds is 6. The molecule has 7 nitrogen and oxygen atoms in total. The highest BCUT2D eigenvalue weighted by Gasteiger charge is 2.34. The molecule has 35 heavy (non-hydrogen) atoms. The molecule has 0 bridgehead atoms. The molecule has 4 rings (SSSR count). The van der Waals surface area contributed by atoms with Crippen molar-refractivity contribution in [3.63, 3.8) is 0 Å². The number of benzene rings is 2. The van der Waals surface area contributed by atoms with Crippen LogP contribution in [0.4, 0.5) is 39.5 Å². The molecule has 2 aromatic carbocycles. The standard InChI is InChI=1S/C24H20F4N4O3/c1-13-10-16(35-17-8-9-29-21(12-17)32-22(33)14-2-3-14)5-7-20(13)31-23(34)30-15-4-6-19(25)18(11-15)24(26,27)28/h4-12,14H,2-3H2,1H3,(H,29,32,33)(H2,30,31,34). The summed E-state index contributed by atoms with van der Waals surface area (Å²) in [5.74, 6) is -0.194. The molecule has 1 saturated carbocycles. The van der Waals surface area contributed by atoms with Crippen LogP contribution in [0.5, 0.6) is 11.5 Å². The maximum atomic E-state index is 13.4. The van der Waals surface area contributed by atoms with E-state index in [4.69, 9.17) is 4.74 Å². The summed E-state index contributed by atoms with van der Waals surface area (Å²) in [5, 5.41) is 7.53. The second kappa shape index (κ2) is 9.61. The van der Waals surface area contributed by atoms with Crippen LogP contribution < -0.4 is 20.7 Å². The summed E-state index contributed by atoms with van der Waals surface area (Å²) in [5.41, 5.74) is -0.681. The van der Waals surface area contributed by atoms with Gasteiger partial charge >= 0.3 is 12.2 Å². The van der Waals surface area contributed by atoms with Crippen molar-refractivity contribution in [2.45, 2.75) is 25.9 Å². The highest BCUT2D eigenvalue weighted by molar-refractivity contribution is 6.00. The number of hydrogen-bond donors (Lipinski definition) is 3. The number of ether oxygens (including phenoxy) is 1. The molecular weight excluding hydrogens is 468 g/mol. The molecule has 1 aromatic heterocycles. The first-order chi connectivity index (χ1) is 16.6. The average molecular weight is 488 g/mol. The molecule has 182 valence electrons. The van der Waals surface area contributed by atoms with E-state index in [2.05, 4.69) is 20.9 Å². The van der Waals surface area contributed by atoms with Gasteiger partial charge in [-0.1, -0.05) is 0 Å². The third-order valence-corrected chi connectivity index (χ3v) is 5.14. The van der Waals surface area contributed by atoms with Gasteiger partial charge in [0.05, 0.1) is 5.56 Å². The van der Waals surface area contributed by atoms with Crippen molar-refractivity contribution in [1.82, 2.24) is 4.98 Å². The molecule has 0 spiro atoms. The van der Waals surface area contributed by atoms with Crippen LogP contribution in [0.3, 0.4) is 0 Å². The number of nitrogens with one attached hydrogen (secondary N) is 3. The Kier molecular flexibility index (Phi) is 6.59. The number of nitrogens with zero attached hydrogens (tertiary/aromatic N) is 1. The van der Waals surface area contributed by atoms with Gasteiger partial charge in [0.1, 0.15) is 23.1 Å². The number of anilines is 3. The van der Waals surface area contributed by atoms with Gasteiger partial charge in [-0.05, 0) is 67.8 Å². The smallest absolute Gasteiger partial charge is 0.419 e. The largest absolute Gasteiger partial charge is 0.457 e. The highest BCUT2D eigenvalue weighted by atomic mass is 19.4. The van der Waals surface area contributed by atoms with Crippen molar-refractivity contribution in [1.29, 1.82) is 0 Å². The molecule has 11 heteroatoms. The number of amides is 3. The molecule has 0 unspecified atom stereocenters.